The van der Waals surface area contributed by atoms with E-state index < -0.39 is 0 Å². The molecule has 0 amide bonds. The summed E-state index contributed by atoms with van der Waals surface area (Å²) in [6, 6.07) is 17.0. The first-order chi connectivity index (χ1) is 16.4. The molecule has 6 nitrogen and oxygen atoms in total. The fourth-order valence-corrected chi connectivity index (χ4v) is 3.97. The highest BCUT2D eigenvalue weighted by Gasteiger charge is 2.18. The van der Waals surface area contributed by atoms with Crippen molar-refractivity contribution in [1.82, 2.24) is 9.97 Å². The van der Waals surface area contributed by atoms with Gasteiger partial charge < -0.3 is 10.4 Å². The summed E-state index contributed by atoms with van der Waals surface area (Å²) in [4.78, 5) is 9.44. The lowest BCUT2D eigenvalue weighted by Crippen LogP contribution is -2.15. The van der Waals surface area contributed by atoms with Crippen LogP contribution < -0.4 is 0 Å². The predicted molar refractivity (Wildman–Crippen MR) is 137 cm³/mol. The van der Waals surface area contributed by atoms with Crippen LogP contribution in [0.5, 0.6) is 0 Å². The Morgan fingerprint density at radius 3 is 1.29 bits per heavy atom. The molecular formula is C24H16Cl4N4O2. The molecule has 0 unspecified atom stereocenters. The molecule has 4 rings (SSSR count). The summed E-state index contributed by atoms with van der Waals surface area (Å²) >= 11 is 24.3. The van der Waals surface area contributed by atoms with Crippen molar-refractivity contribution in [2.75, 3.05) is 0 Å². The van der Waals surface area contributed by atoms with E-state index in [4.69, 9.17) is 56.4 Å². The highest BCUT2D eigenvalue weighted by Crippen LogP contribution is 2.27. The van der Waals surface area contributed by atoms with Crippen LogP contribution in [0.3, 0.4) is 0 Å². The molecule has 0 atom stereocenters. The average molecular weight is 534 g/mol. The maximum Gasteiger partial charge on any atom is 0.0927 e. The standard InChI is InChI=1S/C24H16Cl4N4O2/c25-15-5-1-13(2-6-15)19(31-33)11-23-24(12-20(32-34)14-3-7-16(26)8-4-14)30-22-10-18(28)17(27)9-21(22)29-23/h1-10,33-34H,11-12H2/b31-19+,32-20+. The van der Waals surface area contributed by atoms with Gasteiger partial charge in [-0.2, -0.15) is 0 Å². The molecule has 0 bridgehead atoms. The highest BCUT2D eigenvalue weighted by atomic mass is 35.5. The van der Waals surface area contributed by atoms with E-state index in [2.05, 4.69) is 10.3 Å². The van der Waals surface area contributed by atoms with Gasteiger partial charge in [0.2, 0.25) is 0 Å². The van der Waals surface area contributed by atoms with Crippen molar-refractivity contribution in [2.45, 2.75) is 12.8 Å². The topological polar surface area (TPSA) is 91.0 Å². The lowest BCUT2D eigenvalue weighted by Gasteiger charge is -2.13. The molecule has 0 saturated heterocycles. The summed E-state index contributed by atoms with van der Waals surface area (Å²) in [5, 5.41) is 28.2. The smallest absolute Gasteiger partial charge is 0.0927 e. The Balaban J connectivity index is 1.79. The first-order valence-electron chi connectivity index (χ1n) is 9.96. The SMILES string of the molecule is O/N=C(\Cc1nc2cc(Cl)c(Cl)cc2nc1C/C(=N\O)c1ccc(Cl)cc1)c1ccc(Cl)cc1. The minimum atomic E-state index is 0.149. The van der Waals surface area contributed by atoms with Crippen LogP contribution in [0.1, 0.15) is 22.5 Å². The van der Waals surface area contributed by atoms with Gasteiger partial charge in [0.15, 0.2) is 0 Å². The Hall–Kier alpha value is -2.90. The highest BCUT2D eigenvalue weighted by molar-refractivity contribution is 6.42. The summed E-state index contributed by atoms with van der Waals surface area (Å²) in [5.74, 6) is 0. The van der Waals surface area contributed by atoms with Gasteiger partial charge >= 0.3 is 0 Å². The van der Waals surface area contributed by atoms with Crippen LogP contribution in [-0.4, -0.2) is 31.8 Å². The fraction of sp³-hybridized carbons (Fsp3) is 0.0833. The van der Waals surface area contributed by atoms with Crippen molar-refractivity contribution in [2.24, 2.45) is 10.3 Å². The van der Waals surface area contributed by atoms with Crippen molar-refractivity contribution in [3.05, 3.63) is 103 Å². The molecule has 0 radical (unpaired) electrons. The van der Waals surface area contributed by atoms with Crippen LogP contribution in [0.4, 0.5) is 0 Å². The second-order valence-electron chi connectivity index (χ2n) is 7.33. The lowest BCUT2D eigenvalue weighted by atomic mass is 10.00. The number of fused-ring (bicyclic) bond motifs is 1. The number of aromatic nitrogens is 2. The quantitative estimate of drug-likeness (QED) is 0.157. The molecule has 1 aromatic heterocycles. The number of oxime groups is 2. The van der Waals surface area contributed by atoms with Gasteiger partial charge in [-0.1, -0.05) is 81.0 Å². The first kappa shape index (κ1) is 24.2. The molecule has 34 heavy (non-hydrogen) atoms. The molecule has 1 heterocycles. The Morgan fingerprint density at radius 2 is 0.971 bits per heavy atom. The van der Waals surface area contributed by atoms with Gasteiger partial charge in [-0.05, 0) is 47.5 Å². The van der Waals surface area contributed by atoms with Gasteiger partial charge in [0.25, 0.3) is 0 Å². The van der Waals surface area contributed by atoms with Crippen molar-refractivity contribution in [3.63, 3.8) is 0 Å². The van der Waals surface area contributed by atoms with Gasteiger partial charge in [-0.15, -0.1) is 0 Å². The van der Waals surface area contributed by atoms with E-state index in [1.54, 1.807) is 60.7 Å². The molecule has 0 aliphatic rings. The summed E-state index contributed by atoms with van der Waals surface area (Å²) in [6.07, 6.45) is 0.298. The average Bonchev–Trinajstić information content (AvgIpc) is 2.83. The molecule has 0 fully saturated rings. The Labute approximate surface area is 215 Å². The summed E-state index contributed by atoms with van der Waals surface area (Å²) < 4.78 is 0. The molecule has 0 spiro atoms. The second kappa shape index (κ2) is 10.6. The van der Waals surface area contributed by atoms with E-state index in [9.17, 15) is 10.4 Å². The Kier molecular flexibility index (Phi) is 7.54. The Bertz CT molecular complexity index is 1300. The second-order valence-corrected chi connectivity index (χ2v) is 9.02. The zero-order valence-electron chi connectivity index (χ0n) is 17.4. The summed E-state index contributed by atoms with van der Waals surface area (Å²) in [6.45, 7) is 0. The molecule has 0 aliphatic heterocycles. The third-order valence-corrected chi connectivity index (χ3v) is 6.35. The predicted octanol–water partition coefficient (Wildman–Crippen LogP) is 7.09. The van der Waals surface area contributed by atoms with E-state index in [-0.39, 0.29) is 12.8 Å². The molecule has 10 heteroatoms. The van der Waals surface area contributed by atoms with Crippen LogP contribution >= 0.6 is 46.4 Å². The molecule has 172 valence electrons. The minimum Gasteiger partial charge on any atom is -0.411 e. The van der Waals surface area contributed by atoms with Crippen molar-refractivity contribution >= 4 is 68.9 Å². The monoisotopic (exact) mass is 532 g/mol. The number of nitrogens with zero attached hydrogens (tertiary/aromatic N) is 4. The minimum absolute atomic E-state index is 0.149. The summed E-state index contributed by atoms with van der Waals surface area (Å²) in [7, 11) is 0. The van der Waals surface area contributed by atoms with Crippen LogP contribution in [0.15, 0.2) is 71.0 Å². The molecule has 4 aromatic rings. The van der Waals surface area contributed by atoms with Gasteiger partial charge in [-0.25, -0.2) is 9.97 Å². The van der Waals surface area contributed by atoms with E-state index in [1.807, 2.05) is 0 Å². The maximum absolute atomic E-state index is 9.72. The lowest BCUT2D eigenvalue weighted by molar-refractivity contribution is 0.318. The number of rotatable bonds is 6. The largest absolute Gasteiger partial charge is 0.411 e. The molecule has 0 saturated carbocycles. The zero-order chi connectivity index (χ0) is 24.2. The van der Waals surface area contributed by atoms with Crippen molar-refractivity contribution < 1.29 is 10.4 Å². The van der Waals surface area contributed by atoms with Crippen LogP contribution in [0.2, 0.25) is 20.1 Å². The number of benzene rings is 3. The molecule has 2 N–H and O–H groups in total. The van der Waals surface area contributed by atoms with Crippen molar-refractivity contribution in [3.8, 4) is 0 Å². The fourth-order valence-electron chi connectivity index (χ4n) is 3.40. The van der Waals surface area contributed by atoms with E-state index in [0.29, 0.717) is 65.1 Å². The molecule has 0 aliphatic carbocycles. The normalized spacial score (nSPS) is 12.4. The van der Waals surface area contributed by atoms with E-state index >= 15 is 0 Å². The first-order valence-corrected chi connectivity index (χ1v) is 11.5. The van der Waals surface area contributed by atoms with Gasteiger partial charge in [0.1, 0.15) is 0 Å². The van der Waals surface area contributed by atoms with E-state index in [0.717, 1.165) is 0 Å². The van der Waals surface area contributed by atoms with Gasteiger partial charge in [0.05, 0.1) is 43.9 Å². The van der Waals surface area contributed by atoms with Crippen LogP contribution in [0, 0.1) is 0 Å². The molecular weight excluding hydrogens is 518 g/mol. The molecule has 3 aromatic carbocycles. The van der Waals surface area contributed by atoms with Crippen LogP contribution in [-0.2, 0) is 12.8 Å². The zero-order valence-corrected chi connectivity index (χ0v) is 20.4. The van der Waals surface area contributed by atoms with E-state index in [1.165, 1.54) is 0 Å². The van der Waals surface area contributed by atoms with Crippen molar-refractivity contribution in [1.29, 1.82) is 0 Å². The number of halogens is 4. The number of hydrogen-bond donors (Lipinski definition) is 2. The van der Waals surface area contributed by atoms with Crippen LogP contribution in [0.25, 0.3) is 11.0 Å². The third kappa shape index (κ3) is 5.42. The van der Waals surface area contributed by atoms with Gasteiger partial charge in [0, 0.05) is 22.9 Å². The maximum atomic E-state index is 9.72. The Morgan fingerprint density at radius 1 is 0.618 bits per heavy atom. The summed E-state index contributed by atoms with van der Waals surface area (Å²) in [5.41, 5.74) is 4.14. The third-order valence-electron chi connectivity index (χ3n) is 5.13. The number of hydrogen-bond acceptors (Lipinski definition) is 6. The van der Waals surface area contributed by atoms with Gasteiger partial charge in [-0.3, -0.25) is 0 Å².